The maximum Gasteiger partial charge on any atom is 0.183 e. The number of likely N-dealkylation sites (tertiary alicyclic amines) is 2. The van der Waals surface area contributed by atoms with E-state index in [1.54, 1.807) is 0 Å². The van der Waals surface area contributed by atoms with Crippen molar-refractivity contribution in [1.29, 1.82) is 0 Å². The van der Waals surface area contributed by atoms with Gasteiger partial charge < -0.3 is 19.9 Å². The van der Waals surface area contributed by atoms with Gasteiger partial charge in [-0.1, -0.05) is 12.8 Å². The highest BCUT2D eigenvalue weighted by atomic mass is 16.7. The van der Waals surface area contributed by atoms with Crippen molar-refractivity contribution in [3.63, 3.8) is 0 Å². The van der Waals surface area contributed by atoms with E-state index < -0.39 is 0 Å². The number of quaternary nitrogens is 2. The lowest BCUT2D eigenvalue weighted by Gasteiger charge is -2.37. The fourth-order valence-corrected chi connectivity index (χ4v) is 8.31. The number of rotatable bonds is 5. The Kier molecular flexibility index (Phi) is 7.24. The Morgan fingerprint density at radius 3 is 2.76 bits per heavy atom. The molecule has 0 bridgehead atoms. The number of nitrogens with zero attached hydrogens (tertiary/aromatic N) is 2. The van der Waals surface area contributed by atoms with E-state index in [1.165, 1.54) is 77.5 Å². The molecule has 5 aliphatic heterocycles. The van der Waals surface area contributed by atoms with Gasteiger partial charge in [-0.25, -0.2) is 4.90 Å². The third-order valence-electron chi connectivity index (χ3n) is 10.1. The summed E-state index contributed by atoms with van der Waals surface area (Å²) in [6.45, 7) is 9.15. The molecule has 8 nitrogen and oxygen atoms in total. The highest BCUT2D eigenvalue weighted by molar-refractivity contribution is 4.94. The Balaban J connectivity index is 0.999. The number of hydrogen-bond donors (Lipinski definition) is 4. The Morgan fingerprint density at radius 1 is 1.03 bits per heavy atom. The molecular weight excluding hydrogens is 416 g/mol. The average molecular weight is 465 g/mol. The van der Waals surface area contributed by atoms with Crippen LogP contribution in [-0.2, 0) is 9.57 Å². The molecule has 1 saturated carbocycles. The molecule has 0 spiro atoms. The number of hydroxylamine groups is 1. The summed E-state index contributed by atoms with van der Waals surface area (Å²) in [5.41, 5.74) is 3.43. The van der Waals surface area contributed by atoms with Crippen molar-refractivity contribution >= 4 is 0 Å². The van der Waals surface area contributed by atoms with Gasteiger partial charge >= 0.3 is 0 Å². The van der Waals surface area contributed by atoms with Gasteiger partial charge in [-0.3, -0.25) is 10.2 Å². The Morgan fingerprint density at radius 2 is 1.91 bits per heavy atom. The van der Waals surface area contributed by atoms with Crippen LogP contribution in [0.2, 0.25) is 0 Å². The van der Waals surface area contributed by atoms with E-state index in [9.17, 15) is 0 Å². The molecule has 8 heteroatoms. The molecule has 5 saturated heterocycles. The van der Waals surface area contributed by atoms with Crippen LogP contribution in [0.4, 0.5) is 0 Å². The monoisotopic (exact) mass is 464 g/mol. The van der Waals surface area contributed by atoms with Gasteiger partial charge in [-0.2, -0.15) is 5.48 Å². The molecule has 0 aromatic rings. The zero-order valence-corrected chi connectivity index (χ0v) is 20.7. The summed E-state index contributed by atoms with van der Waals surface area (Å²) >= 11 is 0. The molecule has 5 N–H and O–H groups in total. The molecule has 5 heterocycles. The van der Waals surface area contributed by atoms with Gasteiger partial charge in [0.2, 0.25) is 0 Å². The minimum absolute atomic E-state index is 0.172. The summed E-state index contributed by atoms with van der Waals surface area (Å²) in [6.07, 6.45) is 12.1. The summed E-state index contributed by atoms with van der Waals surface area (Å²) in [5.74, 6) is 2.47. The van der Waals surface area contributed by atoms with Gasteiger partial charge in [0.15, 0.2) is 6.23 Å². The van der Waals surface area contributed by atoms with E-state index in [-0.39, 0.29) is 6.23 Å². The van der Waals surface area contributed by atoms with E-state index in [4.69, 9.17) is 9.57 Å². The second kappa shape index (κ2) is 10.3. The van der Waals surface area contributed by atoms with Crippen molar-refractivity contribution < 1.29 is 19.8 Å². The van der Waals surface area contributed by atoms with Crippen LogP contribution in [-0.4, -0.2) is 100.0 Å². The van der Waals surface area contributed by atoms with E-state index >= 15 is 0 Å². The van der Waals surface area contributed by atoms with Gasteiger partial charge in [0.1, 0.15) is 12.2 Å². The van der Waals surface area contributed by atoms with Gasteiger partial charge in [-0.05, 0) is 32.2 Å². The van der Waals surface area contributed by atoms with Gasteiger partial charge in [0.05, 0.1) is 39.0 Å². The maximum atomic E-state index is 6.24. The van der Waals surface area contributed by atoms with E-state index in [2.05, 4.69) is 33.0 Å². The molecular formula is C25H48N6O2+2. The molecule has 0 aromatic carbocycles. The predicted octanol–water partition coefficient (Wildman–Crippen LogP) is -1.44. The number of nitrogens with one attached hydrogen (secondary N) is 3. The maximum absolute atomic E-state index is 6.24. The molecule has 0 aromatic heterocycles. The standard InChI is InChI=1S/C25H46N6O2/c1-29-16-19(20-5-2-3-6-21(20)29)17-31-10-4-7-22(31)25-27-24(28-33-25)18-8-9-23(26-15-18)30-11-13-32-14-12-30/h18-28H,2-17H2,1H3/p+2. The van der Waals surface area contributed by atoms with Crippen molar-refractivity contribution in [1.82, 2.24) is 20.6 Å². The number of morpholine rings is 1. The first-order valence-corrected chi connectivity index (χ1v) is 14.1. The third kappa shape index (κ3) is 4.87. The molecule has 33 heavy (non-hydrogen) atoms. The topological polar surface area (TPSA) is 70.1 Å². The van der Waals surface area contributed by atoms with E-state index in [0.717, 1.165) is 44.2 Å². The smallest absolute Gasteiger partial charge is 0.183 e. The van der Waals surface area contributed by atoms with E-state index in [0.29, 0.717) is 24.3 Å². The quantitative estimate of drug-likeness (QED) is 0.400. The lowest BCUT2D eigenvalue weighted by atomic mass is 9.79. The SMILES string of the molecule is CN1CC(C[NH+]2CCCC2C2NC(C3CCC(N4CCOCC4)[NH2+]C3)NO2)C2CCCCC21. The van der Waals surface area contributed by atoms with Crippen molar-refractivity contribution in [3.05, 3.63) is 0 Å². The zero-order chi connectivity index (χ0) is 22.2. The zero-order valence-electron chi connectivity index (χ0n) is 20.7. The molecule has 9 atom stereocenters. The van der Waals surface area contributed by atoms with Crippen LogP contribution in [0.15, 0.2) is 0 Å². The molecule has 6 rings (SSSR count). The average Bonchev–Trinajstić information content (AvgIpc) is 3.60. The van der Waals surface area contributed by atoms with Crippen molar-refractivity contribution in [2.24, 2.45) is 17.8 Å². The minimum Gasteiger partial charge on any atom is -0.379 e. The highest BCUT2D eigenvalue weighted by Gasteiger charge is 2.47. The Labute approximate surface area is 200 Å². The summed E-state index contributed by atoms with van der Waals surface area (Å²) < 4.78 is 5.54. The number of fused-ring (bicyclic) bond motifs is 1. The fraction of sp³-hybridized carbons (Fsp3) is 1.00. The van der Waals surface area contributed by atoms with Crippen LogP contribution >= 0.6 is 0 Å². The van der Waals surface area contributed by atoms with Crippen molar-refractivity contribution in [2.45, 2.75) is 82.0 Å². The third-order valence-corrected chi connectivity index (χ3v) is 10.1. The predicted molar refractivity (Wildman–Crippen MR) is 126 cm³/mol. The normalized spacial score (nSPS) is 47.7. The fourth-order valence-electron chi connectivity index (χ4n) is 8.31. The van der Waals surface area contributed by atoms with Crippen molar-refractivity contribution in [2.75, 3.05) is 59.5 Å². The lowest BCUT2D eigenvalue weighted by molar-refractivity contribution is -0.919. The molecule has 6 fully saturated rings. The van der Waals surface area contributed by atoms with E-state index in [1.807, 2.05) is 4.90 Å². The second-order valence-electron chi connectivity index (χ2n) is 11.9. The molecule has 0 amide bonds. The Hall–Kier alpha value is -0.320. The molecule has 6 aliphatic rings. The highest BCUT2D eigenvalue weighted by Crippen LogP contribution is 2.38. The first-order chi connectivity index (χ1) is 16.3. The number of hydrogen-bond acceptors (Lipinski definition) is 6. The Bertz CT molecular complexity index is 640. The van der Waals surface area contributed by atoms with Crippen LogP contribution in [0.1, 0.15) is 51.4 Å². The number of nitrogens with two attached hydrogens (primary N) is 1. The van der Waals surface area contributed by atoms with Crippen molar-refractivity contribution in [3.8, 4) is 0 Å². The molecule has 188 valence electrons. The second-order valence-corrected chi connectivity index (χ2v) is 11.9. The van der Waals surface area contributed by atoms with Gasteiger partial charge in [-0.15, -0.1) is 0 Å². The summed E-state index contributed by atoms with van der Waals surface area (Å²) in [7, 11) is 2.38. The minimum atomic E-state index is 0.172. The summed E-state index contributed by atoms with van der Waals surface area (Å²) in [5, 5.41) is 6.47. The summed E-state index contributed by atoms with van der Waals surface area (Å²) in [4.78, 5) is 13.3. The summed E-state index contributed by atoms with van der Waals surface area (Å²) in [6, 6.07) is 1.46. The van der Waals surface area contributed by atoms with Crippen LogP contribution in [0.5, 0.6) is 0 Å². The largest absolute Gasteiger partial charge is 0.379 e. The van der Waals surface area contributed by atoms with Gasteiger partial charge in [0.25, 0.3) is 0 Å². The molecule has 1 aliphatic carbocycles. The van der Waals surface area contributed by atoms with Crippen LogP contribution < -0.4 is 21.0 Å². The van der Waals surface area contributed by atoms with Crippen LogP contribution in [0, 0.1) is 17.8 Å². The lowest BCUT2D eigenvalue weighted by Crippen LogP contribution is -3.16. The molecule has 0 radical (unpaired) electrons. The first-order valence-electron chi connectivity index (χ1n) is 14.1. The molecule has 9 unspecified atom stereocenters. The van der Waals surface area contributed by atoms with Crippen LogP contribution in [0.25, 0.3) is 0 Å². The van der Waals surface area contributed by atoms with Gasteiger partial charge in [0, 0.05) is 56.8 Å². The number of ether oxygens (including phenoxy) is 1. The van der Waals surface area contributed by atoms with Crippen LogP contribution in [0.3, 0.4) is 0 Å². The number of piperidine rings is 1. The first kappa shape index (κ1) is 23.1.